The summed E-state index contributed by atoms with van der Waals surface area (Å²) in [5.41, 5.74) is 0. The summed E-state index contributed by atoms with van der Waals surface area (Å²) in [4.78, 5) is 0. The van der Waals surface area contributed by atoms with Crippen molar-refractivity contribution >= 4 is 11.8 Å². The molecule has 0 aromatic carbocycles. The maximum absolute atomic E-state index is 3.91. The van der Waals surface area contributed by atoms with E-state index in [4.69, 9.17) is 0 Å². The Morgan fingerprint density at radius 1 is 1.57 bits per heavy atom. The molecule has 14 heavy (non-hydrogen) atoms. The number of thioether (sulfide) groups is 1. The van der Waals surface area contributed by atoms with Crippen LogP contribution in [-0.4, -0.2) is 38.5 Å². The Hall–Kier alpha value is -0.620. The summed E-state index contributed by atoms with van der Waals surface area (Å²) >= 11 is 1.68. The molecule has 0 saturated heterocycles. The number of hydrogen-bond acceptors (Lipinski definition) is 5. The van der Waals surface area contributed by atoms with Crippen LogP contribution in [0.2, 0.25) is 0 Å². The second-order valence-electron chi connectivity index (χ2n) is 3.25. The average Bonchev–Trinajstić information content (AvgIpc) is 2.58. The predicted octanol–water partition coefficient (Wildman–Crippen LogP) is 0.690. The first-order valence-corrected chi connectivity index (χ1v) is 5.81. The Labute approximate surface area is 88.6 Å². The van der Waals surface area contributed by atoms with Gasteiger partial charge in [-0.15, -0.1) is 5.10 Å². The number of aromatic nitrogens is 4. The van der Waals surface area contributed by atoms with E-state index >= 15 is 0 Å². The molecule has 0 radical (unpaired) electrons. The molecule has 0 aliphatic heterocycles. The van der Waals surface area contributed by atoms with Crippen LogP contribution in [0, 0.1) is 0 Å². The van der Waals surface area contributed by atoms with Gasteiger partial charge in [-0.3, -0.25) is 0 Å². The molecule has 1 aromatic rings. The largest absolute Gasteiger partial charge is 0.313 e. The highest BCUT2D eigenvalue weighted by atomic mass is 32.2. The van der Waals surface area contributed by atoms with E-state index in [0.29, 0.717) is 6.04 Å². The molecule has 1 heterocycles. The van der Waals surface area contributed by atoms with E-state index < -0.39 is 0 Å². The first-order chi connectivity index (χ1) is 6.74. The molecular weight excluding hydrogens is 198 g/mol. The summed E-state index contributed by atoms with van der Waals surface area (Å²) in [7, 11) is 1.85. The van der Waals surface area contributed by atoms with Gasteiger partial charge in [-0.2, -0.15) is 0 Å². The van der Waals surface area contributed by atoms with Crippen LogP contribution in [0.4, 0.5) is 0 Å². The van der Waals surface area contributed by atoms with Crippen molar-refractivity contribution in [1.82, 2.24) is 25.5 Å². The molecule has 80 valence electrons. The van der Waals surface area contributed by atoms with Crippen molar-refractivity contribution < 1.29 is 0 Å². The fraction of sp³-hybridized carbons (Fsp3) is 0.875. The Morgan fingerprint density at radius 2 is 2.36 bits per heavy atom. The van der Waals surface area contributed by atoms with Crippen LogP contribution in [0.1, 0.15) is 20.3 Å². The molecule has 1 N–H and O–H groups in total. The van der Waals surface area contributed by atoms with Gasteiger partial charge in [-0.1, -0.05) is 18.7 Å². The van der Waals surface area contributed by atoms with E-state index in [2.05, 4.69) is 34.7 Å². The van der Waals surface area contributed by atoms with Gasteiger partial charge in [0.15, 0.2) is 0 Å². The van der Waals surface area contributed by atoms with E-state index in [1.54, 1.807) is 16.4 Å². The van der Waals surface area contributed by atoms with Crippen molar-refractivity contribution in [2.24, 2.45) is 7.05 Å². The fourth-order valence-corrected chi connectivity index (χ4v) is 1.83. The van der Waals surface area contributed by atoms with E-state index in [0.717, 1.165) is 17.5 Å². The molecular formula is C8H17N5S. The molecule has 0 spiro atoms. The summed E-state index contributed by atoms with van der Waals surface area (Å²) in [6.45, 7) is 5.41. The standard InChI is InChI=1S/C8H17N5S/c1-4-5-9-7(2)6-14-8-10-11-12-13(8)3/h7,9H,4-6H2,1-3H3. The molecule has 0 aliphatic rings. The van der Waals surface area contributed by atoms with Gasteiger partial charge in [0, 0.05) is 18.8 Å². The van der Waals surface area contributed by atoms with Crippen LogP contribution in [-0.2, 0) is 7.05 Å². The van der Waals surface area contributed by atoms with Crippen LogP contribution in [0.25, 0.3) is 0 Å². The number of tetrazole rings is 1. The zero-order valence-electron chi connectivity index (χ0n) is 8.90. The second-order valence-corrected chi connectivity index (χ2v) is 4.24. The van der Waals surface area contributed by atoms with Crippen molar-refractivity contribution in [3.8, 4) is 0 Å². The summed E-state index contributed by atoms with van der Waals surface area (Å²) in [5, 5.41) is 15.5. The summed E-state index contributed by atoms with van der Waals surface area (Å²) < 4.78 is 1.69. The third-order valence-electron chi connectivity index (χ3n) is 1.79. The van der Waals surface area contributed by atoms with Gasteiger partial charge in [-0.05, 0) is 30.3 Å². The molecule has 1 atom stereocenters. The predicted molar refractivity (Wildman–Crippen MR) is 57.3 cm³/mol. The molecule has 1 rings (SSSR count). The Bertz CT molecular complexity index is 262. The molecule has 0 saturated carbocycles. The van der Waals surface area contributed by atoms with Crippen LogP contribution < -0.4 is 5.32 Å². The quantitative estimate of drug-likeness (QED) is 0.708. The number of nitrogens with one attached hydrogen (secondary N) is 1. The fourth-order valence-electron chi connectivity index (χ4n) is 0.993. The number of nitrogens with zero attached hydrogens (tertiary/aromatic N) is 4. The molecule has 0 aliphatic carbocycles. The van der Waals surface area contributed by atoms with Crippen LogP contribution in [0.15, 0.2) is 5.16 Å². The SMILES string of the molecule is CCCNC(C)CSc1nnnn1C. The van der Waals surface area contributed by atoms with Crippen LogP contribution in [0.5, 0.6) is 0 Å². The van der Waals surface area contributed by atoms with Crippen molar-refractivity contribution in [2.75, 3.05) is 12.3 Å². The number of hydrogen-bond donors (Lipinski definition) is 1. The van der Waals surface area contributed by atoms with Crippen molar-refractivity contribution in [3.63, 3.8) is 0 Å². The molecule has 1 aromatic heterocycles. The number of rotatable bonds is 6. The Balaban J connectivity index is 2.23. The Morgan fingerprint density at radius 3 is 2.93 bits per heavy atom. The summed E-state index contributed by atoms with van der Waals surface area (Å²) in [5.74, 6) is 0.994. The first-order valence-electron chi connectivity index (χ1n) is 4.82. The molecule has 6 heteroatoms. The maximum atomic E-state index is 3.91. The highest BCUT2D eigenvalue weighted by Crippen LogP contribution is 2.13. The smallest absolute Gasteiger partial charge is 0.209 e. The lowest BCUT2D eigenvalue weighted by Crippen LogP contribution is -2.28. The maximum Gasteiger partial charge on any atom is 0.209 e. The van der Waals surface area contributed by atoms with Gasteiger partial charge < -0.3 is 5.32 Å². The van der Waals surface area contributed by atoms with Gasteiger partial charge in [-0.25, -0.2) is 4.68 Å². The third-order valence-corrected chi connectivity index (χ3v) is 3.06. The summed E-state index contributed by atoms with van der Waals surface area (Å²) in [6.07, 6.45) is 1.17. The first kappa shape index (κ1) is 11.5. The number of aryl methyl sites for hydroxylation is 1. The molecule has 0 amide bonds. The second kappa shape index (κ2) is 5.98. The van der Waals surface area contributed by atoms with Gasteiger partial charge in [0.1, 0.15) is 0 Å². The normalized spacial score (nSPS) is 13.1. The lowest BCUT2D eigenvalue weighted by atomic mass is 10.3. The lowest BCUT2D eigenvalue weighted by Gasteiger charge is -2.11. The monoisotopic (exact) mass is 215 g/mol. The van der Waals surface area contributed by atoms with E-state index in [9.17, 15) is 0 Å². The lowest BCUT2D eigenvalue weighted by molar-refractivity contribution is 0.588. The zero-order valence-corrected chi connectivity index (χ0v) is 9.71. The van der Waals surface area contributed by atoms with E-state index in [-0.39, 0.29) is 0 Å². The van der Waals surface area contributed by atoms with E-state index in [1.807, 2.05) is 7.05 Å². The topological polar surface area (TPSA) is 55.6 Å². The van der Waals surface area contributed by atoms with Crippen LogP contribution in [0.3, 0.4) is 0 Å². The molecule has 5 nitrogen and oxygen atoms in total. The van der Waals surface area contributed by atoms with Gasteiger partial charge >= 0.3 is 0 Å². The third kappa shape index (κ3) is 3.63. The zero-order chi connectivity index (χ0) is 10.4. The minimum Gasteiger partial charge on any atom is -0.313 e. The highest BCUT2D eigenvalue weighted by Gasteiger charge is 2.06. The Kier molecular flexibility index (Phi) is 4.89. The van der Waals surface area contributed by atoms with Crippen molar-refractivity contribution in [2.45, 2.75) is 31.5 Å². The van der Waals surface area contributed by atoms with Gasteiger partial charge in [0.2, 0.25) is 5.16 Å². The van der Waals surface area contributed by atoms with E-state index in [1.165, 1.54) is 6.42 Å². The minimum atomic E-state index is 0.497. The molecule has 0 fully saturated rings. The van der Waals surface area contributed by atoms with Crippen molar-refractivity contribution in [1.29, 1.82) is 0 Å². The van der Waals surface area contributed by atoms with Crippen molar-refractivity contribution in [3.05, 3.63) is 0 Å². The van der Waals surface area contributed by atoms with Gasteiger partial charge in [0.05, 0.1) is 0 Å². The minimum absolute atomic E-state index is 0.497. The molecule has 0 bridgehead atoms. The average molecular weight is 215 g/mol. The highest BCUT2D eigenvalue weighted by molar-refractivity contribution is 7.99. The molecule has 1 unspecified atom stereocenters. The van der Waals surface area contributed by atoms with Gasteiger partial charge in [0.25, 0.3) is 0 Å². The van der Waals surface area contributed by atoms with Crippen LogP contribution >= 0.6 is 11.8 Å². The summed E-state index contributed by atoms with van der Waals surface area (Å²) in [6, 6.07) is 0.497.